The molecule has 1 aromatic carbocycles. The number of hydrogen-bond donors (Lipinski definition) is 1. The van der Waals surface area contributed by atoms with Gasteiger partial charge in [-0.1, -0.05) is 23.2 Å². The molecule has 0 aliphatic heterocycles. The van der Waals surface area contributed by atoms with E-state index in [1.54, 1.807) is 18.2 Å². The van der Waals surface area contributed by atoms with Crippen LogP contribution in [0.25, 0.3) is 11.4 Å². The van der Waals surface area contributed by atoms with Crippen molar-refractivity contribution in [3.8, 4) is 11.4 Å². The lowest BCUT2D eigenvalue weighted by molar-refractivity contribution is 0.250. The number of aliphatic hydroxyl groups is 1. The maximum Gasteiger partial charge on any atom is 0.166 e. The van der Waals surface area contributed by atoms with Crippen molar-refractivity contribution in [2.75, 3.05) is 0 Å². The standard InChI is InChI=1S/C13H15Cl2N3O/c1-13(2,3)18-11(7-19)16-17-12(18)9-5-4-8(14)6-10(9)15/h4-6,19H,7H2,1-3H3. The Bertz CT molecular complexity index is 602. The van der Waals surface area contributed by atoms with E-state index in [9.17, 15) is 5.11 Å². The number of aromatic nitrogens is 3. The molecule has 2 aromatic rings. The van der Waals surface area contributed by atoms with E-state index in [0.29, 0.717) is 21.7 Å². The molecule has 0 aliphatic rings. The highest BCUT2D eigenvalue weighted by atomic mass is 35.5. The normalized spacial score (nSPS) is 11.9. The summed E-state index contributed by atoms with van der Waals surface area (Å²) in [4.78, 5) is 0. The number of hydrogen-bond acceptors (Lipinski definition) is 3. The minimum absolute atomic E-state index is 0.171. The smallest absolute Gasteiger partial charge is 0.166 e. The molecule has 1 N–H and O–H groups in total. The minimum Gasteiger partial charge on any atom is -0.388 e. The number of aliphatic hydroxyl groups excluding tert-OH is 1. The first-order valence-corrected chi connectivity index (χ1v) is 6.61. The molecule has 0 aliphatic carbocycles. The molecule has 4 nitrogen and oxygen atoms in total. The van der Waals surface area contributed by atoms with Crippen molar-refractivity contribution in [3.05, 3.63) is 34.1 Å². The second-order valence-corrected chi connectivity index (χ2v) is 6.07. The molecule has 0 saturated carbocycles. The maximum atomic E-state index is 9.38. The van der Waals surface area contributed by atoms with Crippen LogP contribution >= 0.6 is 23.2 Å². The zero-order valence-electron chi connectivity index (χ0n) is 11.0. The lowest BCUT2D eigenvalue weighted by atomic mass is 10.1. The first-order chi connectivity index (χ1) is 8.84. The molecule has 1 aromatic heterocycles. The molecule has 0 spiro atoms. The van der Waals surface area contributed by atoms with E-state index in [1.165, 1.54) is 0 Å². The monoisotopic (exact) mass is 299 g/mol. The van der Waals surface area contributed by atoms with Crippen LogP contribution in [-0.2, 0) is 12.1 Å². The molecule has 0 fully saturated rings. The molecule has 0 unspecified atom stereocenters. The molecule has 0 radical (unpaired) electrons. The fraction of sp³-hybridized carbons (Fsp3) is 0.385. The van der Waals surface area contributed by atoms with E-state index in [-0.39, 0.29) is 12.1 Å². The molecule has 0 bridgehead atoms. The van der Waals surface area contributed by atoms with Gasteiger partial charge in [0.2, 0.25) is 0 Å². The number of halogens is 2. The summed E-state index contributed by atoms with van der Waals surface area (Å²) in [5, 5.41) is 18.6. The molecule has 0 atom stereocenters. The summed E-state index contributed by atoms with van der Waals surface area (Å²) in [5.41, 5.74) is 0.480. The third-order valence-corrected chi connectivity index (χ3v) is 3.26. The molecule has 6 heteroatoms. The van der Waals surface area contributed by atoms with Crippen molar-refractivity contribution in [1.82, 2.24) is 14.8 Å². The summed E-state index contributed by atoms with van der Waals surface area (Å²) in [6.45, 7) is 5.88. The van der Waals surface area contributed by atoms with Crippen molar-refractivity contribution >= 4 is 23.2 Å². The minimum atomic E-state index is -0.264. The van der Waals surface area contributed by atoms with Crippen LogP contribution in [0.2, 0.25) is 10.0 Å². The van der Waals surface area contributed by atoms with Crippen molar-refractivity contribution < 1.29 is 5.11 Å². The Morgan fingerprint density at radius 2 is 1.89 bits per heavy atom. The van der Waals surface area contributed by atoms with Crippen molar-refractivity contribution in [1.29, 1.82) is 0 Å². The highest BCUT2D eigenvalue weighted by Gasteiger charge is 2.24. The second kappa shape index (κ2) is 5.12. The van der Waals surface area contributed by atoms with Gasteiger partial charge in [-0.2, -0.15) is 0 Å². The molecule has 0 saturated heterocycles. The van der Waals surface area contributed by atoms with Gasteiger partial charge in [-0.25, -0.2) is 0 Å². The molecule has 102 valence electrons. The molecule has 19 heavy (non-hydrogen) atoms. The van der Waals surface area contributed by atoms with Gasteiger partial charge in [0.25, 0.3) is 0 Å². The van der Waals surface area contributed by atoms with Crippen LogP contribution in [-0.4, -0.2) is 19.9 Å². The number of nitrogens with zero attached hydrogens (tertiary/aromatic N) is 3. The van der Waals surface area contributed by atoms with E-state index < -0.39 is 0 Å². The summed E-state index contributed by atoms with van der Waals surface area (Å²) in [5.74, 6) is 1.13. The highest BCUT2D eigenvalue weighted by Crippen LogP contribution is 2.32. The third kappa shape index (κ3) is 2.76. The zero-order chi connectivity index (χ0) is 14.2. The molecule has 0 amide bonds. The van der Waals surface area contributed by atoms with E-state index in [1.807, 2.05) is 25.3 Å². The van der Waals surface area contributed by atoms with Crippen molar-refractivity contribution in [2.45, 2.75) is 32.9 Å². The van der Waals surface area contributed by atoms with Gasteiger partial charge in [-0.15, -0.1) is 10.2 Å². The Kier molecular flexibility index (Phi) is 3.85. The Balaban J connectivity index is 2.66. The Hall–Kier alpha value is -1.10. The first kappa shape index (κ1) is 14.3. The Morgan fingerprint density at radius 1 is 1.21 bits per heavy atom. The van der Waals surface area contributed by atoms with E-state index >= 15 is 0 Å². The third-order valence-electron chi connectivity index (χ3n) is 2.71. The van der Waals surface area contributed by atoms with Crippen LogP contribution in [0, 0.1) is 0 Å². The van der Waals surface area contributed by atoms with E-state index in [2.05, 4.69) is 10.2 Å². The molecular formula is C13H15Cl2N3O. The van der Waals surface area contributed by atoms with Gasteiger partial charge in [0.15, 0.2) is 11.6 Å². The lowest BCUT2D eigenvalue weighted by Gasteiger charge is -2.24. The van der Waals surface area contributed by atoms with Crippen LogP contribution in [0.5, 0.6) is 0 Å². The quantitative estimate of drug-likeness (QED) is 0.923. The van der Waals surface area contributed by atoms with Crippen LogP contribution in [0.15, 0.2) is 18.2 Å². The average Bonchev–Trinajstić information content (AvgIpc) is 2.72. The van der Waals surface area contributed by atoms with E-state index in [0.717, 1.165) is 5.56 Å². The van der Waals surface area contributed by atoms with Gasteiger partial charge in [-0.05, 0) is 39.0 Å². The summed E-state index contributed by atoms with van der Waals surface area (Å²) in [6, 6.07) is 5.22. The van der Waals surface area contributed by atoms with Crippen molar-refractivity contribution in [3.63, 3.8) is 0 Å². The van der Waals surface area contributed by atoms with Gasteiger partial charge in [-0.3, -0.25) is 0 Å². The number of rotatable bonds is 2. The summed E-state index contributed by atoms with van der Waals surface area (Å²) in [6.07, 6.45) is 0. The van der Waals surface area contributed by atoms with Gasteiger partial charge in [0, 0.05) is 16.1 Å². The zero-order valence-corrected chi connectivity index (χ0v) is 12.5. The average molecular weight is 300 g/mol. The van der Waals surface area contributed by atoms with Crippen LogP contribution < -0.4 is 0 Å². The Morgan fingerprint density at radius 3 is 2.42 bits per heavy atom. The topological polar surface area (TPSA) is 50.9 Å². The summed E-state index contributed by atoms with van der Waals surface area (Å²) >= 11 is 12.1. The van der Waals surface area contributed by atoms with Gasteiger partial charge in [0.05, 0.1) is 5.02 Å². The fourth-order valence-electron chi connectivity index (χ4n) is 1.97. The first-order valence-electron chi connectivity index (χ1n) is 5.85. The molecule has 2 rings (SSSR count). The van der Waals surface area contributed by atoms with Gasteiger partial charge < -0.3 is 9.67 Å². The SMILES string of the molecule is CC(C)(C)n1c(CO)nnc1-c1ccc(Cl)cc1Cl. The maximum absolute atomic E-state index is 9.38. The van der Waals surface area contributed by atoms with Gasteiger partial charge in [0.1, 0.15) is 6.61 Å². The highest BCUT2D eigenvalue weighted by molar-refractivity contribution is 6.36. The molecular weight excluding hydrogens is 285 g/mol. The predicted octanol–water partition coefficient (Wildman–Crippen LogP) is 3.50. The fourth-order valence-corrected chi connectivity index (χ4v) is 2.46. The second-order valence-electron chi connectivity index (χ2n) is 5.23. The van der Waals surface area contributed by atoms with Crippen LogP contribution in [0.1, 0.15) is 26.6 Å². The Labute approximate surface area is 122 Å². The lowest BCUT2D eigenvalue weighted by Crippen LogP contribution is -2.25. The van der Waals surface area contributed by atoms with Crippen LogP contribution in [0.4, 0.5) is 0 Å². The van der Waals surface area contributed by atoms with E-state index in [4.69, 9.17) is 23.2 Å². The van der Waals surface area contributed by atoms with Gasteiger partial charge >= 0.3 is 0 Å². The van der Waals surface area contributed by atoms with Crippen LogP contribution in [0.3, 0.4) is 0 Å². The number of benzene rings is 1. The predicted molar refractivity (Wildman–Crippen MR) is 76.4 cm³/mol. The summed E-state index contributed by atoms with van der Waals surface area (Å²) in [7, 11) is 0. The largest absolute Gasteiger partial charge is 0.388 e. The summed E-state index contributed by atoms with van der Waals surface area (Å²) < 4.78 is 1.88. The van der Waals surface area contributed by atoms with Crippen molar-refractivity contribution in [2.24, 2.45) is 0 Å². The molecule has 1 heterocycles.